The van der Waals surface area contributed by atoms with E-state index in [4.69, 9.17) is 9.47 Å². The summed E-state index contributed by atoms with van der Waals surface area (Å²) in [6.07, 6.45) is 7.14. The molecule has 2 aromatic heterocycles. The summed E-state index contributed by atoms with van der Waals surface area (Å²) >= 11 is 0. The second-order valence-corrected chi connectivity index (χ2v) is 10.1. The minimum atomic E-state index is -1.12. The molecule has 3 aromatic rings. The summed E-state index contributed by atoms with van der Waals surface area (Å²) in [6, 6.07) is 7.61. The van der Waals surface area contributed by atoms with Crippen LogP contribution in [0.2, 0.25) is 0 Å². The Labute approximate surface area is 203 Å². The quantitative estimate of drug-likeness (QED) is 0.594. The van der Waals surface area contributed by atoms with Crippen molar-refractivity contribution in [3.8, 4) is 6.07 Å². The lowest BCUT2D eigenvalue weighted by molar-refractivity contribution is -0.113. The molecular weight excluding hydrogens is 448 g/mol. The van der Waals surface area contributed by atoms with E-state index in [1.807, 2.05) is 16.7 Å². The minimum Gasteiger partial charge on any atom is -0.440 e. The zero-order valence-electron chi connectivity index (χ0n) is 20.1. The molecule has 0 bridgehead atoms. The zero-order chi connectivity index (χ0) is 24.8. The zero-order valence-corrected chi connectivity index (χ0v) is 20.1. The number of hydrogen-bond donors (Lipinski definition) is 1. The lowest BCUT2D eigenvalue weighted by Crippen LogP contribution is -2.51. The molecule has 10 heteroatoms. The van der Waals surface area contributed by atoms with E-state index < -0.39 is 22.9 Å². The molecule has 0 unspecified atom stereocenters. The number of methoxy groups -OCH3 is 1. The summed E-state index contributed by atoms with van der Waals surface area (Å²) in [4.78, 5) is 27.5. The molecule has 10 nitrogen and oxygen atoms in total. The van der Waals surface area contributed by atoms with Crippen LogP contribution >= 0.6 is 0 Å². The van der Waals surface area contributed by atoms with Crippen molar-refractivity contribution in [3.05, 3.63) is 48.2 Å². The van der Waals surface area contributed by atoms with Gasteiger partial charge in [0.05, 0.1) is 65.8 Å². The normalized spacial score (nSPS) is 24.7. The number of fused-ring (bicyclic) bond motifs is 1. The standard InChI is InChI=1S/C25H28N6O4/c1-23(2,33)20-11-28-21(12-27-20)31-15-25(35-22(31)32)8-4-7-24(13-25,34-3)14-30-16-29-18-6-5-17(10-26)9-19(18)30/h5-6,9,11-12,16,33H,4,7-8,13-15H2,1-3H3/t24-,25+/m0/s1. The van der Waals surface area contributed by atoms with Crippen LogP contribution in [0.5, 0.6) is 0 Å². The van der Waals surface area contributed by atoms with E-state index >= 15 is 0 Å². The van der Waals surface area contributed by atoms with Crippen molar-refractivity contribution >= 4 is 22.9 Å². The van der Waals surface area contributed by atoms with Crippen molar-refractivity contribution in [1.82, 2.24) is 19.5 Å². The maximum Gasteiger partial charge on any atom is 0.416 e. The highest BCUT2D eigenvalue weighted by Gasteiger charge is 2.54. The molecule has 1 amide bonds. The smallest absolute Gasteiger partial charge is 0.416 e. The molecule has 2 aliphatic rings. The van der Waals surface area contributed by atoms with E-state index in [0.717, 1.165) is 30.3 Å². The van der Waals surface area contributed by atoms with Crippen LogP contribution in [0, 0.1) is 11.3 Å². The van der Waals surface area contributed by atoms with Crippen LogP contribution in [-0.2, 0) is 21.6 Å². The molecule has 2 atom stereocenters. The van der Waals surface area contributed by atoms with E-state index in [1.54, 1.807) is 33.4 Å². The van der Waals surface area contributed by atoms with Gasteiger partial charge in [-0.1, -0.05) is 0 Å². The molecule has 1 spiro atoms. The molecule has 1 saturated carbocycles. The summed E-state index contributed by atoms with van der Waals surface area (Å²) in [7, 11) is 1.69. The Balaban J connectivity index is 1.39. The Morgan fingerprint density at radius 1 is 1.26 bits per heavy atom. The van der Waals surface area contributed by atoms with Gasteiger partial charge in [-0.05, 0) is 51.3 Å². The van der Waals surface area contributed by atoms with Crippen molar-refractivity contribution < 1.29 is 19.4 Å². The maximum absolute atomic E-state index is 12.9. The Bertz CT molecular complexity index is 1310. The number of amides is 1. The summed E-state index contributed by atoms with van der Waals surface area (Å²) in [5, 5.41) is 19.4. The fraction of sp³-hybridized carbons (Fsp3) is 0.480. The topological polar surface area (TPSA) is 126 Å². The van der Waals surface area contributed by atoms with Gasteiger partial charge in [0.15, 0.2) is 5.82 Å². The third-order valence-corrected chi connectivity index (χ3v) is 7.06. The summed E-state index contributed by atoms with van der Waals surface area (Å²) in [6.45, 7) is 4.13. The van der Waals surface area contributed by atoms with Crippen LogP contribution < -0.4 is 4.90 Å². The fourth-order valence-corrected chi connectivity index (χ4v) is 5.23. The number of carbonyl (C=O) groups is 1. The van der Waals surface area contributed by atoms with Gasteiger partial charge in [-0.3, -0.25) is 9.88 Å². The first-order valence-corrected chi connectivity index (χ1v) is 11.6. The number of benzene rings is 1. The van der Waals surface area contributed by atoms with Gasteiger partial charge in [-0.25, -0.2) is 14.8 Å². The van der Waals surface area contributed by atoms with Crippen LogP contribution in [-0.4, -0.2) is 55.6 Å². The number of ether oxygens (including phenoxy) is 2. The largest absolute Gasteiger partial charge is 0.440 e. The van der Waals surface area contributed by atoms with Crippen molar-refractivity contribution in [2.24, 2.45) is 0 Å². The van der Waals surface area contributed by atoms with E-state index in [9.17, 15) is 15.2 Å². The summed E-state index contributed by atoms with van der Waals surface area (Å²) < 4.78 is 14.1. The SMILES string of the molecule is CO[C@@]1(Cn2cnc3ccc(C#N)cc32)CCC[C@]2(CN(c3cnc(C(C)(C)O)cn3)C(=O)O2)C1. The molecule has 2 fully saturated rings. The number of carbonyl (C=O) groups excluding carboxylic acids is 1. The fourth-order valence-electron chi connectivity index (χ4n) is 5.23. The molecule has 1 saturated heterocycles. The number of aliphatic hydroxyl groups is 1. The first-order chi connectivity index (χ1) is 16.7. The van der Waals surface area contributed by atoms with Crippen molar-refractivity contribution in [3.63, 3.8) is 0 Å². The van der Waals surface area contributed by atoms with Crippen LogP contribution in [0.15, 0.2) is 36.9 Å². The molecule has 1 aliphatic heterocycles. The van der Waals surface area contributed by atoms with E-state index in [-0.39, 0.29) is 0 Å². The minimum absolute atomic E-state index is 0.344. The number of imidazole rings is 1. The number of hydrogen-bond acceptors (Lipinski definition) is 8. The number of rotatable bonds is 5. The van der Waals surface area contributed by atoms with Crippen LogP contribution in [0.4, 0.5) is 10.6 Å². The van der Waals surface area contributed by atoms with Gasteiger partial charge in [0, 0.05) is 13.5 Å². The number of nitrogens with zero attached hydrogens (tertiary/aromatic N) is 6. The Morgan fingerprint density at radius 3 is 2.77 bits per heavy atom. The number of nitriles is 1. The highest BCUT2D eigenvalue weighted by molar-refractivity contribution is 5.89. The lowest BCUT2D eigenvalue weighted by atomic mass is 9.74. The Morgan fingerprint density at radius 2 is 2.09 bits per heavy atom. The number of anilines is 1. The summed E-state index contributed by atoms with van der Waals surface area (Å²) in [5.74, 6) is 0.387. The van der Waals surface area contributed by atoms with Crippen LogP contribution in [0.25, 0.3) is 11.0 Å². The third kappa shape index (κ3) is 4.22. The van der Waals surface area contributed by atoms with Gasteiger partial charge < -0.3 is 19.1 Å². The predicted molar refractivity (Wildman–Crippen MR) is 126 cm³/mol. The van der Waals surface area contributed by atoms with Gasteiger partial charge in [0.2, 0.25) is 0 Å². The first kappa shape index (κ1) is 23.2. The molecule has 1 aromatic carbocycles. The average molecular weight is 477 g/mol. The van der Waals surface area contributed by atoms with E-state index in [0.29, 0.717) is 36.6 Å². The van der Waals surface area contributed by atoms with Gasteiger partial charge in [-0.2, -0.15) is 5.26 Å². The average Bonchev–Trinajstić information content (AvgIpc) is 3.38. The highest BCUT2D eigenvalue weighted by atomic mass is 16.6. The molecule has 182 valence electrons. The third-order valence-electron chi connectivity index (χ3n) is 7.06. The molecule has 1 aliphatic carbocycles. The lowest BCUT2D eigenvalue weighted by Gasteiger charge is -2.44. The van der Waals surface area contributed by atoms with Crippen molar-refractivity contribution in [1.29, 1.82) is 5.26 Å². The Kier molecular flexibility index (Phi) is 5.49. The Hall–Kier alpha value is -3.55. The van der Waals surface area contributed by atoms with Gasteiger partial charge in [-0.15, -0.1) is 0 Å². The van der Waals surface area contributed by atoms with Crippen LogP contribution in [0.3, 0.4) is 0 Å². The van der Waals surface area contributed by atoms with Crippen molar-refractivity contribution in [2.75, 3.05) is 18.6 Å². The van der Waals surface area contributed by atoms with Gasteiger partial charge in [0.25, 0.3) is 0 Å². The molecule has 35 heavy (non-hydrogen) atoms. The van der Waals surface area contributed by atoms with Crippen molar-refractivity contribution in [2.45, 2.75) is 62.9 Å². The first-order valence-electron chi connectivity index (χ1n) is 11.6. The highest BCUT2D eigenvalue weighted by Crippen LogP contribution is 2.45. The second kappa shape index (κ2) is 8.29. The van der Waals surface area contributed by atoms with Crippen LogP contribution in [0.1, 0.15) is 50.8 Å². The maximum atomic E-state index is 12.9. The molecular formula is C25H28N6O4. The molecule has 3 heterocycles. The molecule has 5 rings (SSSR count). The molecule has 0 radical (unpaired) electrons. The predicted octanol–water partition coefficient (Wildman–Crippen LogP) is 3.28. The number of aromatic nitrogens is 4. The molecule has 1 N–H and O–H groups in total. The van der Waals surface area contributed by atoms with Gasteiger partial charge >= 0.3 is 6.09 Å². The summed E-state index contributed by atoms with van der Waals surface area (Å²) in [5.41, 5.74) is 0.275. The van der Waals surface area contributed by atoms with E-state index in [2.05, 4.69) is 21.0 Å². The van der Waals surface area contributed by atoms with Gasteiger partial charge in [0.1, 0.15) is 11.2 Å². The van der Waals surface area contributed by atoms with E-state index in [1.165, 1.54) is 17.3 Å². The monoisotopic (exact) mass is 476 g/mol. The second-order valence-electron chi connectivity index (χ2n) is 10.1.